The van der Waals surface area contributed by atoms with Gasteiger partial charge in [0.25, 0.3) is 0 Å². The maximum atomic E-state index is 12.8. The summed E-state index contributed by atoms with van der Waals surface area (Å²) in [7, 11) is 0. The van der Waals surface area contributed by atoms with Gasteiger partial charge < -0.3 is 9.80 Å². The number of carbonyl (C=O) groups excluding carboxylic acids is 2. The number of nitrogens with zero attached hydrogens (tertiary/aromatic N) is 2. The number of hydrogen-bond donors (Lipinski definition) is 0. The van der Waals surface area contributed by atoms with Crippen LogP contribution in [0.5, 0.6) is 0 Å². The van der Waals surface area contributed by atoms with Crippen LogP contribution in [0, 0.1) is 5.92 Å². The molecule has 6 heteroatoms. The van der Waals surface area contributed by atoms with E-state index in [9.17, 15) is 9.59 Å². The maximum absolute atomic E-state index is 12.8. The molecule has 4 nitrogen and oxygen atoms in total. The minimum Gasteiger partial charge on any atom is -0.339 e. The van der Waals surface area contributed by atoms with E-state index in [0.717, 1.165) is 35.8 Å². The van der Waals surface area contributed by atoms with E-state index in [-0.39, 0.29) is 17.7 Å². The molecule has 0 radical (unpaired) electrons. The minimum atomic E-state index is -0.0508. The summed E-state index contributed by atoms with van der Waals surface area (Å²) in [5.74, 6) is 0.130. The van der Waals surface area contributed by atoms with Gasteiger partial charge in [-0.25, -0.2) is 0 Å². The molecule has 1 saturated heterocycles. The van der Waals surface area contributed by atoms with Crippen molar-refractivity contribution in [3.05, 3.63) is 45.4 Å². The third-order valence-corrected chi connectivity index (χ3v) is 5.69. The summed E-state index contributed by atoms with van der Waals surface area (Å²) in [5.41, 5.74) is 2.27. The number of carbonyl (C=O) groups is 2. The molecule has 128 valence electrons. The Bertz CT molecular complexity index is 684. The first-order valence-corrected chi connectivity index (χ1v) is 9.33. The van der Waals surface area contributed by atoms with Crippen LogP contribution in [-0.2, 0) is 22.6 Å². The zero-order valence-corrected chi connectivity index (χ0v) is 15.8. The van der Waals surface area contributed by atoms with Crippen molar-refractivity contribution in [2.75, 3.05) is 19.6 Å². The SMILES string of the molecule is C=CC(=O)N1CCC(C(=O)N2CCc3cc(Br)cc(Cl)c3C2)CC1. The van der Waals surface area contributed by atoms with Crippen molar-refractivity contribution in [3.63, 3.8) is 0 Å². The molecule has 24 heavy (non-hydrogen) atoms. The van der Waals surface area contributed by atoms with E-state index in [4.69, 9.17) is 11.6 Å². The summed E-state index contributed by atoms with van der Waals surface area (Å²) in [6, 6.07) is 3.97. The van der Waals surface area contributed by atoms with Gasteiger partial charge >= 0.3 is 0 Å². The zero-order valence-electron chi connectivity index (χ0n) is 13.4. The van der Waals surface area contributed by atoms with Crippen LogP contribution in [0.25, 0.3) is 0 Å². The monoisotopic (exact) mass is 410 g/mol. The summed E-state index contributed by atoms with van der Waals surface area (Å²) in [6.07, 6.45) is 3.60. The van der Waals surface area contributed by atoms with Crippen LogP contribution in [0.1, 0.15) is 24.0 Å². The van der Waals surface area contributed by atoms with Gasteiger partial charge in [-0.3, -0.25) is 9.59 Å². The molecule has 0 aromatic heterocycles. The molecule has 0 aliphatic carbocycles. The fourth-order valence-electron chi connectivity index (χ4n) is 3.50. The number of piperidine rings is 1. The van der Waals surface area contributed by atoms with Crippen LogP contribution in [0.2, 0.25) is 5.02 Å². The van der Waals surface area contributed by atoms with E-state index in [1.807, 2.05) is 11.0 Å². The molecule has 0 bridgehead atoms. The summed E-state index contributed by atoms with van der Waals surface area (Å²) in [5, 5.41) is 0.711. The minimum absolute atomic E-state index is 0.00496. The van der Waals surface area contributed by atoms with E-state index in [1.54, 1.807) is 4.90 Å². The van der Waals surface area contributed by atoms with E-state index < -0.39 is 0 Å². The molecule has 0 atom stereocenters. The van der Waals surface area contributed by atoms with Crippen LogP contribution < -0.4 is 0 Å². The number of benzene rings is 1. The average Bonchev–Trinajstić information content (AvgIpc) is 2.60. The molecule has 1 fully saturated rings. The second kappa shape index (κ2) is 7.28. The van der Waals surface area contributed by atoms with Crippen LogP contribution in [-0.4, -0.2) is 41.2 Å². The molecular formula is C18H20BrClN2O2. The molecule has 0 spiro atoms. The molecule has 0 N–H and O–H groups in total. The number of likely N-dealkylation sites (tertiary alicyclic amines) is 1. The fourth-order valence-corrected chi connectivity index (χ4v) is 4.44. The van der Waals surface area contributed by atoms with Gasteiger partial charge in [-0.1, -0.05) is 34.1 Å². The van der Waals surface area contributed by atoms with Gasteiger partial charge in [0.05, 0.1) is 0 Å². The predicted molar refractivity (Wildman–Crippen MR) is 97.8 cm³/mol. The highest BCUT2D eigenvalue weighted by atomic mass is 79.9. The van der Waals surface area contributed by atoms with Crippen LogP contribution in [0.3, 0.4) is 0 Å². The standard InChI is InChI=1S/C18H20BrClN2O2/c1-2-17(23)21-6-3-12(4-7-21)18(24)22-8-5-13-9-14(19)10-16(20)15(13)11-22/h2,9-10,12H,1,3-8,11H2. The van der Waals surface area contributed by atoms with Crippen LogP contribution in [0.4, 0.5) is 0 Å². The largest absolute Gasteiger partial charge is 0.339 e. The van der Waals surface area contributed by atoms with E-state index >= 15 is 0 Å². The Morgan fingerprint density at radius 1 is 1.21 bits per heavy atom. The molecule has 1 aromatic rings. The Labute approximate surface area is 155 Å². The number of amides is 2. The second-order valence-electron chi connectivity index (χ2n) is 6.34. The lowest BCUT2D eigenvalue weighted by Crippen LogP contribution is -2.45. The van der Waals surface area contributed by atoms with Crippen molar-refractivity contribution in [1.29, 1.82) is 0 Å². The van der Waals surface area contributed by atoms with Gasteiger partial charge in [0, 0.05) is 41.6 Å². The van der Waals surface area contributed by atoms with Crippen LogP contribution in [0.15, 0.2) is 29.3 Å². The summed E-state index contributed by atoms with van der Waals surface area (Å²) >= 11 is 9.82. The Morgan fingerprint density at radius 3 is 2.58 bits per heavy atom. The lowest BCUT2D eigenvalue weighted by atomic mass is 9.93. The average molecular weight is 412 g/mol. The Hall–Kier alpha value is -1.33. The van der Waals surface area contributed by atoms with E-state index in [1.165, 1.54) is 11.6 Å². The van der Waals surface area contributed by atoms with Gasteiger partial charge in [0.1, 0.15) is 0 Å². The molecule has 1 aromatic carbocycles. The first-order valence-electron chi connectivity index (χ1n) is 8.16. The molecule has 2 aliphatic heterocycles. The molecule has 0 unspecified atom stereocenters. The van der Waals surface area contributed by atoms with Gasteiger partial charge in [0.2, 0.25) is 11.8 Å². The summed E-state index contributed by atoms with van der Waals surface area (Å²) in [4.78, 5) is 28.2. The molecule has 0 saturated carbocycles. The smallest absolute Gasteiger partial charge is 0.245 e. The Morgan fingerprint density at radius 2 is 1.92 bits per heavy atom. The number of rotatable bonds is 2. The highest BCUT2D eigenvalue weighted by molar-refractivity contribution is 9.10. The Balaban J connectivity index is 1.65. The lowest BCUT2D eigenvalue weighted by Gasteiger charge is -2.36. The van der Waals surface area contributed by atoms with E-state index in [0.29, 0.717) is 24.7 Å². The molecular weight excluding hydrogens is 392 g/mol. The van der Waals surface area contributed by atoms with Crippen molar-refractivity contribution in [1.82, 2.24) is 9.80 Å². The van der Waals surface area contributed by atoms with E-state index in [2.05, 4.69) is 28.6 Å². The zero-order chi connectivity index (χ0) is 17.3. The van der Waals surface area contributed by atoms with Crippen molar-refractivity contribution in [2.24, 2.45) is 5.92 Å². The second-order valence-corrected chi connectivity index (χ2v) is 7.66. The molecule has 2 amide bonds. The van der Waals surface area contributed by atoms with Crippen LogP contribution >= 0.6 is 27.5 Å². The van der Waals surface area contributed by atoms with Crippen molar-refractivity contribution < 1.29 is 9.59 Å². The first kappa shape index (κ1) is 17.5. The topological polar surface area (TPSA) is 40.6 Å². The normalized spacial score (nSPS) is 18.2. The molecule has 2 heterocycles. The highest BCUT2D eigenvalue weighted by Gasteiger charge is 2.31. The maximum Gasteiger partial charge on any atom is 0.245 e. The third-order valence-electron chi connectivity index (χ3n) is 4.89. The highest BCUT2D eigenvalue weighted by Crippen LogP contribution is 2.31. The Kier molecular flexibility index (Phi) is 5.30. The molecule has 2 aliphatic rings. The van der Waals surface area contributed by atoms with Gasteiger partial charge in [-0.15, -0.1) is 0 Å². The quantitative estimate of drug-likeness (QED) is 0.700. The molecule has 3 rings (SSSR count). The van der Waals surface area contributed by atoms with Gasteiger partial charge in [-0.05, 0) is 48.6 Å². The number of fused-ring (bicyclic) bond motifs is 1. The first-order chi connectivity index (χ1) is 11.5. The summed E-state index contributed by atoms with van der Waals surface area (Å²) < 4.78 is 0.977. The van der Waals surface area contributed by atoms with Crippen molar-refractivity contribution in [2.45, 2.75) is 25.8 Å². The number of hydrogen-bond acceptors (Lipinski definition) is 2. The predicted octanol–water partition coefficient (Wildman–Crippen LogP) is 3.41. The third kappa shape index (κ3) is 3.52. The number of halogens is 2. The lowest BCUT2D eigenvalue weighted by molar-refractivity contribution is -0.140. The van der Waals surface area contributed by atoms with Crippen molar-refractivity contribution in [3.8, 4) is 0 Å². The van der Waals surface area contributed by atoms with Crippen molar-refractivity contribution >= 4 is 39.3 Å². The van der Waals surface area contributed by atoms with Gasteiger partial charge in [0.15, 0.2) is 0 Å². The van der Waals surface area contributed by atoms with Gasteiger partial charge in [-0.2, -0.15) is 0 Å². The summed E-state index contributed by atoms with van der Waals surface area (Å²) in [6.45, 7) is 6.07. The fraction of sp³-hybridized carbons (Fsp3) is 0.444.